The molecule has 0 aliphatic carbocycles. The van der Waals surface area contributed by atoms with Crippen molar-refractivity contribution >= 4 is 15.9 Å². The Morgan fingerprint density at radius 2 is 1.77 bits per heavy atom. The molecule has 1 heterocycles. The predicted molar refractivity (Wildman–Crippen MR) is 97.3 cm³/mol. The summed E-state index contributed by atoms with van der Waals surface area (Å²) in [5, 5.41) is 12.1. The SMILES string of the molecule is CC(NC(=O)c1cnn(-c2ccccc2)c1)c1ccc(S(N)(=O)=O)cc1. The molecule has 8 heteroatoms. The standard InChI is InChI=1S/C18H18N4O3S/c1-13(14-7-9-17(10-8-14)26(19,24)25)21-18(23)15-11-20-22(12-15)16-5-3-2-4-6-16/h2-13H,1H3,(H,21,23)(H2,19,24,25). The molecular formula is C18H18N4O3S. The minimum absolute atomic E-state index is 0.0314. The number of rotatable bonds is 5. The molecule has 1 aromatic heterocycles. The maximum Gasteiger partial charge on any atom is 0.254 e. The maximum absolute atomic E-state index is 12.4. The van der Waals surface area contributed by atoms with Gasteiger partial charge in [0.15, 0.2) is 0 Å². The van der Waals surface area contributed by atoms with Gasteiger partial charge in [0.1, 0.15) is 0 Å². The average Bonchev–Trinajstić information content (AvgIpc) is 3.12. The number of carbonyl (C=O) groups excluding carboxylic acids is 1. The Morgan fingerprint density at radius 1 is 1.12 bits per heavy atom. The van der Waals surface area contributed by atoms with E-state index in [1.807, 2.05) is 37.3 Å². The molecule has 1 unspecified atom stereocenters. The first-order chi connectivity index (χ1) is 12.3. The van der Waals surface area contributed by atoms with Crippen molar-refractivity contribution in [2.45, 2.75) is 17.9 Å². The molecule has 1 amide bonds. The number of aromatic nitrogens is 2. The van der Waals surface area contributed by atoms with Gasteiger partial charge >= 0.3 is 0 Å². The van der Waals surface area contributed by atoms with Crippen LogP contribution in [0.25, 0.3) is 5.69 Å². The number of hydrogen-bond acceptors (Lipinski definition) is 4. The Hall–Kier alpha value is -2.97. The smallest absolute Gasteiger partial charge is 0.254 e. The van der Waals surface area contributed by atoms with Gasteiger partial charge in [-0.25, -0.2) is 18.2 Å². The molecule has 3 N–H and O–H groups in total. The molecule has 0 saturated heterocycles. The molecule has 1 atom stereocenters. The number of nitrogens with one attached hydrogen (secondary N) is 1. The highest BCUT2D eigenvalue weighted by Crippen LogP contribution is 2.16. The van der Waals surface area contributed by atoms with Crippen LogP contribution in [0.2, 0.25) is 0 Å². The first kappa shape index (κ1) is 17.8. The number of nitrogens with two attached hydrogens (primary N) is 1. The molecule has 0 aliphatic rings. The van der Waals surface area contributed by atoms with Crippen molar-refractivity contribution in [3.8, 4) is 5.69 Å². The number of amides is 1. The van der Waals surface area contributed by atoms with E-state index in [1.54, 1.807) is 23.0 Å². The summed E-state index contributed by atoms with van der Waals surface area (Å²) in [6.45, 7) is 1.81. The fourth-order valence-corrected chi connectivity index (χ4v) is 2.99. The molecule has 7 nitrogen and oxygen atoms in total. The van der Waals surface area contributed by atoms with Gasteiger partial charge in [-0.2, -0.15) is 5.10 Å². The summed E-state index contributed by atoms with van der Waals surface area (Å²) < 4.78 is 24.2. The van der Waals surface area contributed by atoms with Crippen LogP contribution in [0.3, 0.4) is 0 Å². The van der Waals surface area contributed by atoms with Crippen LogP contribution in [-0.2, 0) is 10.0 Å². The zero-order valence-electron chi connectivity index (χ0n) is 14.0. The van der Waals surface area contributed by atoms with Crippen molar-refractivity contribution in [2.24, 2.45) is 5.14 Å². The minimum Gasteiger partial charge on any atom is -0.345 e. The fraction of sp³-hybridized carbons (Fsp3) is 0.111. The van der Waals surface area contributed by atoms with Crippen molar-refractivity contribution in [2.75, 3.05) is 0 Å². The van der Waals surface area contributed by atoms with Gasteiger partial charge in [-0.05, 0) is 36.8 Å². The Morgan fingerprint density at radius 3 is 2.38 bits per heavy atom. The van der Waals surface area contributed by atoms with Crippen molar-refractivity contribution < 1.29 is 13.2 Å². The average molecular weight is 370 g/mol. The highest BCUT2D eigenvalue weighted by molar-refractivity contribution is 7.89. The molecule has 0 spiro atoms. The van der Waals surface area contributed by atoms with E-state index in [1.165, 1.54) is 18.3 Å². The van der Waals surface area contributed by atoms with Crippen LogP contribution in [-0.4, -0.2) is 24.1 Å². The maximum atomic E-state index is 12.4. The second kappa shape index (κ2) is 7.11. The second-order valence-corrected chi connectivity index (χ2v) is 7.38. The van der Waals surface area contributed by atoms with Crippen LogP contribution in [0, 0.1) is 0 Å². The predicted octanol–water partition coefficient (Wildman–Crippen LogP) is 2.01. The van der Waals surface area contributed by atoms with E-state index in [0.717, 1.165) is 11.3 Å². The van der Waals surface area contributed by atoms with Crippen LogP contribution < -0.4 is 10.5 Å². The minimum atomic E-state index is -3.73. The first-order valence-corrected chi connectivity index (χ1v) is 9.43. The van der Waals surface area contributed by atoms with Gasteiger partial charge in [0, 0.05) is 6.20 Å². The van der Waals surface area contributed by atoms with Gasteiger partial charge in [-0.1, -0.05) is 30.3 Å². The topological polar surface area (TPSA) is 107 Å². The van der Waals surface area contributed by atoms with Crippen molar-refractivity contribution in [3.05, 3.63) is 78.1 Å². The summed E-state index contributed by atoms with van der Waals surface area (Å²) in [6, 6.07) is 15.3. The number of benzene rings is 2. The summed E-state index contributed by atoms with van der Waals surface area (Å²) >= 11 is 0. The lowest BCUT2D eigenvalue weighted by Crippen LogP contribution is -2.26. The Balaban J connectivity index is 1.71. The number of para-hydroxylation sites is 1. The normalized spacial score (nSPS) is 12.5. The van der Waals surface area contributed by atoms with E-state index in [2.05, 4.69) is 10.4 Å². The lowest BCUT2D eigenvalue weighted by molar-refractivity contribution is 0.0940. The van der Waals surface area contributed by atoms with Crippen molar-refractivity contribution in [3.63, 3.8) is 0 Å². The first-order valence-electron chi connectivity index (χ1n) is 7.88. The van der Waals surface area contributed by atoms with Gasteiger partial charge in [-0.15, -0.1) is 0 Å². The Labute approximate surface area is 151 Å². The molecule has 0 bridgehead atoms. The number of primary sulfonamides is 1. The lowest BCUT2D eigenvalue weighted by Gasteiger charge is -2.14. The molecule has 3 aromatic rings. The third-order valence-corrected chi connectivity index (χ3v) is 4.85. The van der Waals surface area contributed by atoms with Gasteiger partial charge in [0.2, 0.25) is 10.0 Å². The number of carbonyl (C=O) groups is 1. The molecule has 3 rings (SSSR count). The van der Waals surface area contributed by atoms with Crippen LogP contribution in [0.5, 0.6) is 0 Å². The van der Waals surface area contributed by atoms with Gasteiger partial charge in [-0.3, -0.25) is 4.79 Å². The fourth-order valence-electron chi connectivity index (χ4n) is 2.47. The summed E-state index contributed by atoms with van der Waals surface area (Å²) in [4.78, 5) is 12.5. The summed E-state index contributed by atoms with van der Waals surface area (Å²) in [6.07, 6.45) is 3.15. The molecular weight excluding hydrogens is 352 g/mol. The quantitative estimate of drug-likeness (QED) is 0.716. The molecule has 0 saturated carbocycles. The second-order valence-electron chi connectivity index (χ2n) is 5.82. The highest BCUT2D eigenvalue weighted by atomic mass is 32.2. The van der Waals surface area contributed by atoms with Crippen LogP contribution >= 0.6 is 0 Å². The summed E-state index contributed by atoms with van der Waals surface area (Å²) in [5.74, 6) is -0.268. The van der Waals surface area contributed by atoms with E-state index >= 15 is 0 Å². The summed E-state index contributed by atoms with van der Waals surface area (Å²) in [7, 11) is -3.73. The molecule has 0 fully saturated rings. The Kier molecular flexibility index (Phi) is 4.88. The van der Waals surface area contributed by atoms with Crippen LogP contribution in [0.1, 0.15) is 28.9 Å². The number of nitrogens with zero attached hydrogens (tertiary/aromatic N) is 2. The lowest BCUT2D eigenvalue weighted by atomic mass is 10.1. The van der Waals surface area contributed by atoms with Crippen molar-refractivity contribution in [1.82, 2.24) is 15.1 Å². The Bertz CT molecular complexity index is 1010. The van der Waals surface area contributed by atoms with E-state index in [-0.39, 0.29) is 16.8 Å². The third-order valence-electron chi connectivity index (χ3n) is 3.92. The number of hydrogen-bond donors (Lipinski definition) is 2. The monoisotopic (exact) mass is 370 g/mol. The van der Waals surface area contributed by atoms with Crippen molar-refractivity contribution in [1.29, 1.82) is 0 Å². The number of sulfonamides is 1. The molecule has 26 heavy (non-hydrogen) atoms. The third kappa shape index (κ3) is 3.98. The van der Waals surface area contributed by atoms with E-state index in [4.69, 9.17) is 5.14 Å². The van der Waals surface area contributed by atoms with E-state index < -0.39 is 10.0 Å². The summed E-state index contributed by atoms with van der Waals surface area (Å²) in [5.41, 5.74) is 2.06. The largest absolute Gasteiger partial charge is 0.345 e. The van der Waals surface area contributed by atoms with Gasteiger partial charge < -0.3 is 5.32 Å². The molecule has 0 radical (unpaired) electrons. The van der Waals surface area contributed by atoms with Gasteiger partial charge in [0.25, 0.3) is 5.91 Å². The molecule has 0 aliphatic heterocycles. The van der Waals surface area contributed by atoms with Crippen LogP contribution in [0.15, 0.2) is 71.9 Å². The molecule has 134 valence electrons. The van der Waals surface area contributed by atoms with E-state index in [9.17, 15) is 13.2 Å². The molecule has 2 aromatic carbocycles. The van der Waals surface area contributed by atoms with Crippen LogP contribution in [0.4, 0.5) is 0 Å². The zero-order valence-corrected chi connectivity index (χ0v) is 14.8. The van der Waals surface area contributed by atoms with E-state index in [0.29, 0.717) is 5.56 Å². The highest BCUT2D eigenvalue weighted by Gasteiger charge is 2.15. The zero-order chi connectivity index (χ0) is 18.7. The van der Waals surface area contributed by atoms with Gasteiger partial charge in [0.05, 0.1) is 28.4 Å².